The first-order chi connectivity index (χ1) is 3.63. The minimum Gasteiger partial charge on any atom is -0.545 e. The Kier molecular flexibility index (Phi) is 15.3. The van der Waals surface area contributed by atoms with Crippen molar-refractivity contribution in [2.45, 2.75) is 0 Å². The molecule has 0 spiro atoms. The van der Waals surface area contributed by atoms with Gasteiger partial charge < -0.3 is 25.3 Å². The number of carboxylic acid groups (broad SMARTS) is 2. The van der Waals surface area contributed by atoms with E-state index in [-0.39, 0.29) is 54.4 Å². The van der Waals surface area contributed by atoms with Crippen molar-refractivity contribution in [3.05, 3.63) is 12.2 Å². The SMILES string of the molecule is O.O=C([O-])C=CC(=O)[O-].[Ba+2]. The van der Waals surface area contributed by atoms with Crippen LogP contribution >= 0.6 is 0 Å². The summed E-state index contributed by atoms with van der Waals surface area (Å²) in [6.07, 6.45) is 0.769. The van der Waals surface area contributed by atoms with Gasteiger partial charge in [-0.05, 0) is 12.2 Å². The monoisotopic (exact) mass is 270 g/mol. The van der Waals surface area contributed by atoms with Gasteiger partial charge in [-0.15, -0.1) is 0 Å². The number of carbonyl (C=O) groups is 2. The maximum Gasteiger partial charge on any atom is 2.00 e. The first kappa shape index (κ1) is 16.7. The molecule has 0 unspecified atom stereocenters. The number of carbonyl (C=O) groups excluding carboxylic acids is 2. The molecule has 0 aliphatic rings. The van der Waals surface area contributed by atoms with Crippen molar-refractivity contribution in [1.29, 1.82) is 0 Å². The topological polar surface area (TPSA) is 112 Å². The van der Waals surface area contributed by atoms with Crippen LogP contribution in [-0.2, 0) is 9.59 Å². The Morgan fingerprint density at radius 3 is 1.30 bits per heavy atom. The van der Waals surface area contributed by atoms with Gasteiger partial charge >= 0.3 is 48.9 Å². The van der Waals surface area contributed by atoms with Crippen molar-refractivity contribution in [3.8, 4) is 0 Å². The molecule has 52 valence electrons. The molecular weight excluding hydrogens is 265 g/mol. The fraction of sp³-hybridized carbons (Fsp3) is 0. The molecule has 0 fully saturated rings. The Morgan fingerprint density at radius 2 is 1.20 bits per heavy atom. The van der Waals surface area contributed by atoms with Crippen LogP contribution in [0.4, 0.5) is 0 Å². The summed E-state index contributed by atoms with van der Waals surface area (Å²) in [4.78, 5) is 18.8. The molecule has 0 rings (SSSR count). The van der Waals surface area contributed by atoms with Crippen molar-refractivity contribution in [2.75, 3.05) is 0 Å². The van der Waals surface area contributed by atoms with E-state index < -0.39 is 11.9 Å². The van der Waals surface area contributed by atoms with Gasteiger partial charge in [0.15, 0.2) is 0 Å². The quantitative estimate of drug-likeness (QED) is 0.374. The smallest absolute Gasteiger partial charge is 0.545 e. The maximum absolute atomic E-state index is 9.41. The molecule has 10 heavy (non-hydrogen) atoms. The fourth-order valence-electron chi connectivity index (χ4n) is 0.136. The minimum absolute atomic E-state index is 0. The van der Waals surface area contributed by atoms with E-state index in [0.717, 1.165) is 0 Å². The summed E-state index contributed by atoms with van der Waals surface area (Å²) in [5.41, 5.74) is 0. The molecule has 0 amide bonds. The van der Waals surface area contributed by atoms with Crippen molar-refractivity contribution >= 4 is 60.8 Å². The third kappa shape index (κ3) is 15.7. The van der Waals surface area contributed by atoms with Crippen LogP contribution in [0.3, 0.4) is 0 Å². The molecule has 0 radical (unpaired) electrons. The van der Waals surface area contributed by atoms with Gasteiger partial charge in [-0.1, -0.05) is 0 Å². The average Bonchev–Trinajstić information content (AvgIpc) is 1.61. The summed E-state index contributed by atoms with van der Waals surface area (Å²) in [6.45, 7) is 0. The normalized spacial score (nSPS) is 7.60. The zero-order chi connectivity index (χ0) is 6.57. The summed E-state index contributed by atoms with van der Waals surface area (Å²) < 4.78 is 0. The first-order valence-electron chi connectivity index (χ1n) is 1.73. The van der Waals surface area contributed by atoms with E-state index in [4.69, 9.17) is 0 Å². The Balaban J connectivity index is -0.000000245. The minimum atomic E-state index is -1.55. The molecule has 0 bridgehead atoms. The van der Waals surface area contributed by atoms with E-state index in [0.29, 0.717) is 12.2 Å². The van der Waals surface area contributed by atoms with E-state index in [1.807, 2.05) is 0 Å². The second kappa shape index (κ2) is 9.21. The Hall–Kier alpha value is 0.211. The Bertz CT molecular complexity index is 125. The van der Waals surface area contributed by atoms with Gasteiger partial charge in [-0.3, -0.25) is 0 Å². The predicted octanol–water partition coefficient (Wildman–Crippen LogP) is -4.16. The molecule has 6 heteroatoms. The summed E-state index contributed by atoms with van der Waals surface area (Å²) in [5.74, 6) is -3.09. The number of aliphatic carboxylic acids is 2. The molecule has 0 atom stereocenters. The standard InChI is InChI=1S/C4H4O4.Ba.H2O/c5-3(6)1-2-4(7)8;;/h1-2H,(H,5,6)(H,7,8);;1H2/q;+2;/p-2. The molecule has 0 aromatic heterocycles. The molecule has 0 heterocycles. The molecule has 5 nitrogen and oxygen atoms in total. The summed E-state index contributed by atoms with van der Waals surface area (Å²) in [5, 5.41) is 18.8. The van der Waals surface area contributed by atoms with Crippen molar-refractivity contribution < 1.29 is 25.3 Å². The number of hydrogen-bond acceptors (Lipinski definition) is 4. The average molecular weight is 269 g/mol. The largest absolute Gasteiger partial charge is 2.00 e. The van der Waals surface area contributed by atoms with Crippen LogP contribution in [0.5, 0.6) is 0 Å². The van der Waals surface area contributed by atoms with Crippen LogP contribution in [0, 0.1) is 0 Å². The van der Waals surface area contributed by atoms with Gasteiger partial charge in [-0.2, -0.15) is 0 Å². The van der Waals surface area contributed by atoms with E-state index in [2.05, 4.69) is 0 Å². The third-order valence-corrected chi connectivity index (χ3v) is 0.355. The van der Waals surface area contributed by atoms with E-state index in [1.54, 1.807) is 0 Å². The predicted molar refractivity (Wildman–Crippen MR) is 28.5 cm³/mol. The second-order valence-corrected chi connectivity index (χ2v) is 0.971. The summed E-state index contributed by atoms with van der Waals surface area (Å²) in [6, 6.07) is 0. The molecule has 2 N–H and O–H groups in total. The zero-order valence-corrected chi connectivity index (χ0v) is 9.44. The Morgan fingerprint density at radius 1 is 1.00 bits per heavy atom. The first-order valence-corrected chi connectivity index (χ1v) is 1.73. The van der Waals surface area contributed by atoms with Gasteiger partial charge in [0.05, 0.1) is 11.9 Å². The fourth-order valence-corrected chi connectivity index (χ4v) is 0.136. The van der Waals surface area contributed by atoms with Crippen molar-refractivity contribution in [1.82, 2.24) is 0 Å². The zero-order valence-electron chi connectivity index (χ0n) is 4.99. The molecule has 0 saturated carbocycles. The number of carboxylic acids is 2. The summed E-state index contributed by atoms with van der Waals surface area (Å²) >= 11 is 0. The number of rotatable bonds is 2. The molecule has 0 aromatic carbocycles. The van der Waals surface area contributed by atoms with Crippen LogP contribution in [0.15, 0.2) is 12.2 Å². The molecule has 0 aliphatic heterocycles. The van der Waals surface area contributed by atoms with E-state index >= 15 is 0 Å². The van der Waals surface area contributed by atoms with Crippen LogP contribution in [0.2, 0.25) is 0 Å². The summed E-state index contributed by atoms with van der Waals surface area (Å²) in [7, 11) is 0. The van der Waals surface area contributed by atoms with E-state index in [1.165, 1.54) is 0 Å². The van der Waals surface area contributed by atoms with E-state index in [9.17, 15) is 19.8 Å². The molecule has 0 aromatic rings. The number of hydrogen-bond donors (Lipinski definition) is 0. The van der Waals surface area contributed by atoms with Gasteiger partial charge in [0.25, 0.3) is 0 Å². The van der Waals surface area contributed by atoms with Crippen LogP contribution in [0.1, 0.15) is 0 Å². The van der Waals surface area contributed by atoms with Crippen molar-refractivity contribution in [2.24, 2.45) is 0 Å². The Labute approximate surface area is 97.1 Å². The second-order valence-electron chi connectivity index (χ2n) is 0.971. The molecular formula is C4H4BaO5. The van der Waals surface area contributed by atoms with Gasteiger partial charge in [0, 0.05) is 0 Å². The van der Waals surface area contributed by atoms with Gasteiger partial charge in [0.1, 0.15) is 0 Å². The van der Waals surface area contributed by atoms with Gasteiger partial charge in [0.2, 0.25) is 0 Å². The van der Waals surface area contributed by atoms with Crippen molar-refractivity contribution in [3.63, 3.8) is 0 Å². The van der Waals surface area contributed by atoms with Crippen LogP contribution in [0.25, 0.3) is 0 Å². The van der Waals surface area contributed by atoms with Crippen LogP contribution < -0.4 is 10.2 Å². The molecule has 0 aliphatic carbocycles. The maximum atomic E-state index is 9.41. The van der Waals surface area contributed by atoms with Gasteiger partial charge in [-0.25, -0.2) is 0 Å². The molecule has 0 saturated heterocycles. The third-order valence-electron chi connectivity index (χ3n) is 0.355. The van der Waals surface area contributed by atoms with Crippen LogP contribution in [-0.4, -0.2) is 66.3 Å².